The number of pyridine rings is 1. The number of ether oxygens (including phenoxy) is 2. The topological polar surface area (TPSA) is 31.4 Å². The minimum Gasteiger partial charge on any atom is -0.489 e. The van der Waals surface area contributed by atoms with Gasteiger partial charge in [-0.05, 0) is 26.0 Å². The van der Waals surface area contributed by atoms with Gasteiger partial charge in [0.15, 0.2) is 0 Å². The summed E-state index contributed by atoms with van der Waals surface area (Å²) in [5.74, 6) is 0.836. The van der Waals surface area contributed by atoms with Gasteiger partial charge in [-0.25, -0.2) is 0 Å². The summed E-state index contributed by atoms with van der Waals surface area (Å²) in [5.41, 5.74) is 1.94. The minimum absolute atomic E-state index is 0.572. The van der Waals surface area contributed by atoms with Gasteiger partial charge in [0.25, 0.3) is 0 Å². The van der Waals surface area contributed by atoms with Crippen LogP contribution in [0, 0.1) is 13.8 Å². The van der Waals surface area contributed by atoms with Crippen molar-refractivity contribution in [2.24, 2.45) is 0 Å². The van der Waals surface area contributed by atoms with Gasteiger partial charge in [0, 0.05) is 12.8 Å². The van der Waals surface area contributed by atoms with Crippen molar-refractivity contribution in [1.29, 1.82) is 0 Å². The average Bonchev–Trinajstić information content (AvgIpc) is 2.09. The van der Waals surface area contributed by atoms with E-state index in [1.54, 1.807) is 7.11 Å². The van der Waals surface area contributed by atoms with Crippen molar-refractivity contribution in [3.8, 4) is 5.75 Å². The highest BCUT2D eigenvalue weighted by atomic mass is 16.5. The molecule has 0 aliphatic heterocycles. The Hall–Kier alpha value is -1.09. The van der Waals surface area contributed by atoms with Gasteiger partial charge in [0.1, 0.15) is 12.4 Å². The third kappa shape index (κ3) is 3.03. The molecule has 0 saturated carbocycles. The number of hydrogen-bond donors (Lipinski definition) is 0. The maximum atomic E-state index is 5.44. The molecule has 0 aliphatic rings. The molecule has 0 bridgehead atoms. The van der Waals surface area contributed by atoms with Crippen molar-refractivity contribution < 1.29 is 9.47 Å². The molecule has 0 atom stereocenters. The molecule has 0 amide bonds. The molecule has 1 heterocycles. The van der Waals surface area contributed by atoms with Crippen LogP contribution in [0.3, 0.4) is 0 Å². The standard InChI is InChI=1S/C10H15NO2/c1-8-4-5-10(9(2)11-8)13-7-6-12-3/h4-5H,6-7H2,1-3H3. The summed E-state index contributed by atoms with van der Waals surface area (Å²) in [6.45, 7) is 5.08. The maximum absolute atomic E-state index is 5.44. The molecule has 0 radical (unpaired) electrons. The lowest BCUT2D eigenvalue weighted by Gasteiger charge is -2.07. The normalized spacial score (nSPS) is 10.1. The van der Waals surface area contributed by atoms with Crippen molar-refractivity contribution in [1.82, 2.24) is 4.98 Å². The van der Waals surface area contributed by atoms with Gasteiger partial charge in [0.05, 0.1) is 12.3 Å². The highest BCUT2D eigenvalue weighted by Gasteiger charge is 1.99. The van der Waals surface area contributed by atoms with Crippen LogP contribution in [0.4, 0.5) is 0 Å². The van der Waals surface area contributed by atoms with Crippen LogP contribution < -0.4 is 4.74 Å². The predicted molar refractivity (Wildman–Crippen MR) is 51.1 cm³/mol. The van der Waals surface area contributed by atoms with E-state index in [1.165, 1.54) is 0 Å². The van der Waals surface area contributed by atoms with Crippen molar-refractivity contribution in [2.45, 2.75) is 13.8 Å². The first-order chi connectivity index (χ1) is 6.24. The molecular weight excluding hydrogens is 166 g/mol. The zero-order chi connectivity index (χ0) is 9.68. The van der Waals surface area contributed by atoms with E-state index in [0.29, 0.717) is 13.2 Å². The lowest BCUT2D eigenvalue weighted by atomic mass is 10.3. The van der Waals surface area contributed by atoms with E-state index in [1.807, 2.05) is 26.0 Å². The van der Waals surface area contributed by atoms with Crippen LogP contribution in [-0.4, -0.2) is 25.3 Å². The van der Waals surface area contributed by atoms with Crippen molar-refractivity contribution in [3.05, 3.63) is 23.5 Å². The minimum atomic E-state index is 0.572. The number of aromatic nitrogens is 1. The molecule has 0 saturated heterocycles. The molecule has 3 nitrogen and oxygen atoms in total. The van der Waals surface area contributed by atoms with Crippen molar-refractivity contribution in [2.75, 3.05) is 20.3 Å². The average molecular weight is 181 g/mol. The van der Waals surface area contributed by atoms with Crippen LogP contribution in [0.25, 0.3) is 0 Å². The van der Waals surface area contributed by atoms with E-state index in [2.05, 4.69) is 4.98 Å². The van der Waals surface area contributed by atoms with Crippen LogP contribution in [0.2, 0.25) is 0 Å². The molecule has 3 heteroatoms. The fourth-order valence-electron chi connectivity index (χ4n) is 1.06. The Balaban J connectivity index is 2.56. The third-order valence-corrected chi connectivity index (χ3v) is 1.72. The second kappa shape index (κ2) is 4.82. The summed E-state index contributed by atoms with van der Waals surface area (Å²) in [5, 5.41) is 0. The van der Waals surface area contributed by atoms with Gasteiger partial charge in [-0.2, -0.15) is 0 Å². The first-order valence-corrected chi connectivity index (χ1v) is 4.30. The van der Waals surface area contributed by atoms with E-state index < -0.39 is 0 Å². The number of methoxy groups -OCH3 is 1. The Bertz CT molecular complexity index is 274. The molecule has 13 heavy (non-hydrogen) atoms. The van der Waals surface area contributed by atoms with Gasteiger partial charge < -0.3 is 9.47 Å². The molecule has 0 aromatic carbocycles. The Morgan fingerprint density at radius 1 is 1.23 bits per heavy atom. The van der Waals surface area contributed by atoms with Crippen LogP contribution in [-0.2, 0) is 4.74 Å². The monoisotopic (exact) mass is 181 g/mol. The lowest BCUT2D eigenvalue weighted by molar-refractivity contribution is 0.145. The first-order valence-electron chi connectivity index (χ1n) is 4.30. The Labute approximate surface area is 78.7 Å². The fraction of sp³-hybridized carbons (Fsp3) is 0.500. The molecule has 0 spiro atoms. The summed E-state index contributed by atoms with van der Waals surface area (Å²) in [7, 11) is 1.66. The summed E-state index contributed by atoms with van der Waals surface area (Å²) in [4.78, 5) is 4.29. The molecule has 1 aromatic heterocycles. The molecule has 0 unspecified atom stereocenters. The summed E-state index contributed by atoms with van der Waals surface area (Å²) < 4.78 is 10.3. The van der Waals surface area contributed by atoms with E-state index in [4.69, 9.17) is 9.47 Å². The zero-order valence-corrected chi connectivity index (χ0v) is 8.33. The van der Waals surface area contributed by atoms with Crippen molar-refractivity contribution in [3.63, 3.8) is 0 Å². The van der Waals surface area contributed by atoms with E-state index >= 15 is 0 Å². The van der Waals surface area contributed by atoms with E-state index in [0.717, 1.165) is 17.1 Å². The number of aryl methyl sites for hydroxylation is 2. The largest absolute Gasteiger partial charge is 0.489 e. The Morgan fingerprint density at radius 2 is 2.00 bits per heavy atom. The molecule has 1 aromatic rings. The second-order valence-corrected chi connectivity index (χ2v) is 2.88. The van der Waals surface area contributed by atoms with Crippen LogP contribution in [0.1, 0.15) is 11.4 Å². The van der Waals surface area contributed by atoms with Gasteiger partial charge in [-0.3, -0.25) is 4.98 Å². The lowest BCUT2D eigenvalue weighted by Crippen LogP contribution is -2.05. The highest BCUT2D eigenvalue weighted by Crippen LogP contribution is 2.14. The van der Waals surface area contributed by atoms with Gasteiger partial charge >= 0.3 is 0 Å². The third-order valence-electron chi connectivity index (χ3n) is 1.72. The molecule has 1 rings (SSSR count). The fourth-order valence-corrected chi connectivity index (χ4v) is 1.06. The quantitative estimate of drug-likeness (QED) is 0.663. The summed E-state index contributed by atoms with van der Waals surface area (Å²) in [6.07, 6.45) is 0. The van der Waals surface area contributed by atoms with Crippen molar-refractivity contribution >= 4 is 0 Å². The second-order valence-electron chi connectivity index (χ2n) is 2.88. The first kappa shape index (κ1) is 9.99. The SMILES string of the molecule is COCCOc1ccc(C)nc1C. The van der Waals surface area contributed by atoms with Gasteiger partial charge in [-0.1, -0.05) is 0 Å². The highest BCUT2D eigenvalue weighted by molar-refractivity contribution is 5.27. The zero-order valence-electron chi connectivity index (χ0n) is 8.33. The number of hydrogen-bond acceptors (Lipinski definition) is 3. The van der Waals surface area contributed by atoms with E-state index in [9.17, 15) is 0 Å². The predicted octanol–water partition coefficient (Wildman–Crippen LogP) is 1.72. The van der Waals surface area contributed by atoms with Crippen LogP contribution in [0.15, 0.2) is 12.1 Å². The maximum Gasteiger partial charge on any atom is 0.140 e. The molecule has 72 valence electrons. The summed E-state index contributed by atoms with van der Waals surface area (Å²) in [6, 6.07) is 3.88. The van der Waals surface area contributed by atoms with Gasteiger partial charge in [0.2, 0.25) is 0 Å². The van der Waals surface area contributed by atoms with Crippen LogP contribution in [0.5, 0.6) is 5.75 Å². The Kier molecular flexibility index (Phi) is 3.71. The molecule has 0 fully saturated rings. The molecule has 0 N–H and O–H groups in total. The van der Waals surface area contributed by atoms with E-state index in [-0.39, 0.29) is 0 Å². The Morgan fingerprint density at radius 3 is 2.62 bits per heavy atom. The molecule has 0 aliphatic carbocycles. The summed E-state index contributed by atoms with van der Waals surface area (Å²) >= 11 is 0. The van der Waals surface area contributed by atoms with Crippen LogP contribution >= 0.6 is 0 Å². The molecular formula is C10H15NO2. The number of rotatable bonds is 4. The number of nitrogens with zero attached hydrogens (tertiary/aromatic N) is 1. The van der Waals surface area contributed by atoms with Gasteiger partial charge in [-0.15, -0.1) is 0 Å². The smallest absolute Gasteiger partial charge is 0.140 e.